The summed E-state index contributed by atoms with van der Waals surface area (Å²) < 4.78 is 5.05. The highest BCUT2D eigenvalue weighted by Gasteiger charge is 2.26. The summed E-state index contributed by atoms with van der Waals surface area (Å²) in [5, 5.41) is 9.12. The number of Topliss-reactive ketones (excluding diaryl/α,β-unsaturated/α-hetero) is 1. The van der Waals surface area contributed by atoms with Crippen molar-refractivity contribution >= 4 is 11.9 Å². The van der Waals surface area contributed by atoms with Crippen LogP contribution in [0.1, 0.15) is 19.4 Å². The van der Waals surface area contributed by atoms with Crippen molar-refractivity contribution in [3.05, 3.63) is 48.1 Å². The molecule has 0 heterocycles. The van der Waals surface area contributed by atoms with Crippen LogP contribution in [0.3, 0.4) is 0 Å². The van der Waals surface area contributed by atoms with Gasteiger partial charge in [0.05, 0.1) is 12.7 Å². The van der Waals surface area contributed by atoms with E-state index in [1.807, 2.05) is 6.07 Å². The average molecular weight is 255 g/mol. The maximum Gasteiger partial charge on any atom is 0.182 e. The molecule has 0 aliphatic carbocycles. The van der Waals surface area contributed by atoms with Crippen LogP contribution in [-0.4, -0.2) is 12.9 Å². The van der Waals surface area contributed by atoms with Gasteiger partial charge in [-0.3, -0.25) is 4.79 Å². The van der Waals surface area contributed by atoms with Gasteiger partial charge in [-0.05, 0) is 37.6 Å². The second-order valence-corrected chi connectivity index (χ2v) is 4.70. The lowest BCUT2D eigenvalue weighted by Crippen LogP contribution is -2.22. The van der Waals surface area contributed by atoms with Crippen LogP contribution in [0.4, 0.5) is 0 Å². The summed E-state index contributed by atoms with van der Waals surface area (Å²) in [6.07, 6.45) is 3.13. The third kappa shape index (κ3) is 3.56. The Labute approximate surface area is 113 Å². The number of ether oxygens (including phenoxy) is 1. The number of rotatable bonds is 5. The molecule has 1 aromatic carbocycles. The number of allylic oxidation sites excluding steroid dienone is 2. The number of carbonyl (C=O) groups is 1. The quantitative estimate of drug-likeness (QED) is 0.460. The van der Waals surface area contributed by atoms with E-state index in [9.17, 15) is 4.79 Å². The van der Waals surface area contributed by atoms with Crippen molar-refractivity contribution in [2.24, 2.45) is 5.41 Å². The number of hydrogen-bond donors (Lipinski definition) is 0. The van der Waals surface area contributed by atoms with Gasteiger partial charge in [0, 0.05) is 5.41 Å². The highest BCUT2D eigenvalue weighted by Crippen LogP contribution is 2.23. The number of carbonyl (C=O) groups excluding carboxylic acids is 1. The highest BCUT2D eigenvalue weighted by atomic mass is 16.5. The molecule has 3 nitrogen and oxygen atoms in total. The third-order valence-corrected chi connectivity index (χ3v) is 2.89. The van der Waals surface area contributed by atoms with Gasteiger partial charge in [-0.25, -0.2) is 0 Å². The van der Waals surface area contributed by atoms with E-state index in [0.717, 1.165) is 11.3 Å². The van der Waals surface area contributed by atoms with Crippen LogP contribution in [0, 0.1) is 16.7 Å². The fourth-order valence-corrected chi connectivity index (χ4v) is 1.46. The second-order valence-electron chi connectivity index (χ2n) is 4.70. The predicted octanol–water partition coefficient (Wildman–Crippen LogP) is 3.38. The zero-order chi connectivity index (χ0) is 14.5. The number of methoxy groups -OCH3 is 1. The lowest BCUT2D eigenvalue weighted by molar-refractivity contribution is -0.120. The average Bonchev–Trinajstić information content (AvgIpc) is 2.44. The second kappa shape index (κ2) is 6.01. The molecule has 3 heteroatoms. The van der Waals surface area contributed by atoms with Crippen LogP contribution in [0.5, 0.6) is 5.75 Å². The number of nitrogens with zero attached hydrogens (tertiary/aromatic N) is 1. The summed E-state index contributed by atoms with van der Waals surface area (Å²) in [4.78, 5) is 12.2. The van der Waals surface area contributed by atoms with Crippen LogP contribution in [0.15, 0.2) is 42.5 Å². The summed E-state index contributed by atoms with van der Waals surface area (Å²) in [5.74, 6) is 0.495. The topological polar surface area (TPSA) is 50.1 Å². The SMILES string of the molecule is C=CC(C)(C)C(=O)C(C#N)=Cc1ccc(OC)cc1. The van der Waals surface area contributed by atoms with Crippen molar-refractivity contribution in [2.75, 3.05) is 7.11 Å². The molecule has 1 rings (SSSR count). The van der Waals surface area contributed by atoms with Crippen molar-refractivity contribution in [3.8, 4) is 11.8 Å². The highest BCUT2D eigenvalue weighted by molar-refractivity contribution is 6.07. The fraction of sp³-hybridized carbons (Fsp3) is 0.250. The Kier molecular flexibility index (Phi) is 4.66. The number of ketones is 1. The van der Waals surface area contributed by atoms with Crippen LogP contribution in [-0.2, 0) is 4.79 Å². The summed E-state index contributed by atoms with van der Waals surface area (Å²) in [6, 6.07) is 9.11. The molecule has 0 spiro atoms. The Bertz CT molecular complexity index is 545. The van der Waals surface area contributed by atoms with Crippen LogP contribution < -0.4 is 4.74 Å². The molecule has 0 bridgehead atoms. The normalized spacial score (nSPS) is 11.6. The molecule has 0 fully saturated rings. The maximum atomic E-state index is 12.2. The zero-order valence-electron chi connectivity index (χ0n) is 11.4. The van der Waals surface area contributed by atoms with E-state index in [4.69, 9.17) is 10.00 Å². The van der Waals surface area contributed by atoms with Crippen LogP contribution >= 0.6 is 0 Å². The van der Waals surface area contributed by atoms with Gasteiger partial charge >= 0.3 is 0 Å². The van der Waals surface area contributed by atoms with Gasteiger partial charge in [0.1, 0.15) is 11.8 Å². The third-order valence-electron chi connectivity index (χ3n) is 2.89. The largest absolute Gasteiger partial charge is 0.497 e. The minimum absolute atomic E-state index is 0.120. The zero-order valence-corrected chi connectivity index (χ0v) is 11.4. The molecule has 19 heavy (non-hydrogen) atoms. The molecule has 0 aliphatic rings. The number of benzene rings is 1. The van der Waals surface area contributed by atoms with Crippen molar-refractivity contribution in [3.63, 3.8) is 0 Å². The molecule has 0 atom stereocenters. The monoisotopic (exact) mass is 255 g/mol. The minimum atomic E-state index is -0.742. The summed E-state index contributed by atoms with van der Waals surface area (Å²) >= 11 is 0. The Morgan fingerprint density at radius 1 is 1.37 bits per heavy atom. The Hall–Kier alpha value is -2.34. The summed E-state index contributed by atoms with van der Waals surface area (Å²) in [6.45, 7) is 7.10. The summed E-state index contributed by atoms with van der Waals surface area (Å²) in [5.41, 5.74) is 0.161. The molecular formula is C16H17NO2. The lowest BCUT2D eigenvalue weighted by Gasteiger charge is -2.16. The van der Waals surface area contributed by atoms with E-state index < -0.39 is 5.41 Å². The van der Waals surface area contributed by atoms with Crippen LogP contribution in [0.2, 0.25) is 0 Å². The van der Waals surface area contributed by atoms with Gasteiger partial charge in [0.2, 0.25) is 0 Å². The maximum absolute atomic E-state index is 12.2. The molecule has 98 valence electrons. The van der Waals surface area contributed by atoms with Gasteiger partial charge in [-0.15, -0.1) is 6.58 Å². The van der Waals surface area contributed by atoms with Crippen LogP contribution in [0.25, 0.3) is 6.08 Å². The molecular weight excluding hydrogens is 238 g/mol. The molecule has 0 saturated carbocycles. The van der Waals surface area contributed by atoms with Crippen molar-refractivity contribution in [1.29, 1.82) is 5.26 Å². The van der Waals surface area contributed by atoms with Gasteiger partial charge in [-0.2, -0.15) is 5.26 Å². The smallest absolute Gasteiger partial charge is 0.182 e. The number of nitriles is 1. The molecule has 0 radical (unpaired) electrons. The first kappa shape index (κ1) is 14.7. The van der Waals surface area contributed by atoms with Crippen molar-refractivity contribution in [1.82, 2.24) is 0 Å². The predicted molar refractivity (Wildman–Crippen MR) is 75.6 cm³/mol. The number of hydrogen-bond acceptors (Lipinski definition) is 3. The first-order valence-corrected chi connectivity index (χ1v) is 5.89. The molecule has 0 saturated heterocycles. The van der Waals surface area contributed by atoms with E-state index in [-0.39, 0.29) is 11.4 Å². The molecule has 0 N–H and O–H groups in total. The van der Waals surface area contributed by atoms with Gasteiger partial charge < -0.3 is 4.74 Å². The van der Waals surface area contributed by atoms with E-state index in [1.165, 1.54) is 0 Å². The first-order chi connectivity index (χ1) is 8.94. The van der Waals surface area contributed by atoms with Gasteiger partial charge in [0.25, 0.3) is 0 Å². The minimum Gasteiger partial charge on any atom is -0.497 e. The fourth-order valence-electron chi connectivity index (χ4n) is 1.46. The Balaban J connectivity index is 3.09. The van der Waals surface area contributed by atoms with Crippen molar-refractivity contribution in [2.45, 2.75) is 13.8 Å². The molecule has 0 aliphatic heterocycles. The molecule has 1 aromatic rings. The van der Waals surface area contributed by atoms with E-state index in [0.29, 0.717) is 0 Å². The van der Waals surface area contributed by atoms with E-state index in [1.54, 1.807) is 57.4 Å². The summed E-state index contributed by atoms with van der Waals surface area (Å²) in [7, 11) is 1.59. The van der Waals surface area contributed by atoms with E-state index >= 15 is 0 Å². The standard InChI is InChI=1S/C16H17NO2/c1-5-16(2,3)15(18)13(11-17)10-12-6-8-14(19-4)9-7-12/h5-10H,1H2,2-4H3. The van der Waals surface area contributed by atoms with Gasteiger partial charge in [0.15, 0.2) is 5.78 Å². The van der Waals surface area contributed by atoms with E-state index in [2.05, 4.69) is 6.58 Å². The Morgan fingerprint density at radius 2 is 1.95 bits per heavy atom. The van der Waals surface area contributed by atoms with Gasteiger partial charge in [-0.1, -0.05) is 18.2 Å². The first-order valence-electron chi connectivity index (χ1n) is 5.89. The molecule has 0 unspecified atom stereocenters. The van der Waals surface area contributed by atoms with Crippen molar-refractivity contribution < 1.29 is 9.53 Å². The Morgan fingerprint density at radius 3 is 2.37 bits per heavy atom. The molecule has 0 aromatic heterocycles. The lowest BCUT2D eigenvalue weighted by atomic mass is 9.84. The molecule has 0 amide bonds.